The number of nitrogens with zero attached hydrogens (tertiary/aromatic N) is 4. The molecule has 9 heteroatoms. The first-order chi connectivity index (χ1) is 7.97. The van der Waals surface area contributed by atoms with Crippen LogP contribution in [0.25, 0.3) is 0 Å². The van der Waals surface area contributed by atoms with Gasteiger partial charge in [-0.1, -0.05) is 10.4 Å². The minimum atomic E-state index is -4.95. The van der Waals surface area contributed by atoms with E-state index in [1.54, 1.807) is 0 Å². The van der Waals surface area contributed by atoms with Crippen molar-refractivity contribution in [1.29, 1.82) is 0 Å². The zero-order chi connectivity index (χ0) is 12.5. The Balaban J connectivity index is 2.14. The van der Waals surface area contributed by atoms with Gasteiger partial charge in [0.15, 0.2) is 11.5 Å². The van der Waals surface area contributed by atoms with Gasteiger partial charge in [-0.3, -0.25) is 4.79 Å². The van der Waals surface area contributed by atoms with E-state index in [1.165, 1.54) is 12.3 Å². The molecule has 2 rings (SSSR count). The van der Waals surface area contributed by atoms with Crippen LogP contribution >= 0.6 is 0 Å². The van der Waals surface area contributed by atoms with Gasteiger partial charge >= 0.3 is 6.18 Å². The van der Waals surface area contributed by atoms with Crippen LogP contribution in [0.15, 0.2) is 23.0 Å². The molecule has 2 aromatic rings. The number of ketones is 1. The van der Waals surface area contributed by atoms with Crippen LogP contribution in [-0.2, 0) is 6.54 Å². The van der Waals surface area contributed by atoms with Crippen molar-refractivity contribution in [3.63, 3.8) is 0 Å². The standard InChI is InChI=1S/C8H5F3N4O2/c9-8(10,11)7(16)6-4-15(14-13-6)3-5-1-2-12-17-5/h1-2,4H,3H2. The van der Waals surface area contributed by atoms with E-state index in [1.807, 2.05) is 0 Å². The van der Waals surface area contributed by atoms with Gasteiger partial charge in [-0.25, -0.2) is 4.68 Å². The van der Waals surface area contributed by atoms with Gasteiger partial charge in [0.1, 0.15) is 6.54 Å². The maximum absolute atomic E-state index is 12.1. The number of hydrogen-bond acceptors (Lipinski definition) is 5. The SMILES string of the molecule is O=C(c1cn(Cc2ccno2)nn1)C(F)(F)F. The second-order valence-electron chi connectivity index (χ2n) is 3.11. The van der Waals surface area contributed by atoms with Crippen molar-refractivity contribution >= 4 is 5.78 Å². The van der Waals surface area contributed by atoms with Crippen molar-refractivity contribution in [3.05, 3.63) is 29.9 Å². The van der Waals surface area contributed by atoms with Crippen molar-refractivity contribution in [2.45, 2.75) is 12.7 Å². The monoisotopic (exact) mass is 246 g/mol. The summed E-state index contributed by atoms with van der Waals surface area (Å²) in [6, 6.07) is 1.52. The van der Waals surface area contributed by atoms with Crippen LogP contribution in [0.5, 0.6) is 0 Å². The second-order valence-corrected chi connectivity index (χ2v) is 3.11. The summed E-state index contributed by atoms with van der Waals surface area (Å²) in [5.74, 6) is -1.64. The summed E-state index contributed by atoms with van der Waals surface area (Å²) in [4.78, 5) is 10.8. The normalized spacial score (nSPS) is 11.7. The van der Waals surface area contributed by atoms with Crippen molar-refractivity contribution in [2.24, 2.45) is 0 Å². The molecule has 0 saturated carbocycles. The van der Waals surface area contributed by atoms with Crippen LogP contribution in [-0.4, -0.2) is 32.1 Å². The molecule has 0 saturated heterocycles. The van der Waals surface area contributed by atoms with Gasteiger partial charge in [0, 0.05) is 6.07 Å². The maximum Gasteiger partial charge on any atom is 0.456 e. The largest absolute Gasteiger partial charge is 0.456 e. The molecule has 0 atom stereocenters. The highest BCUT2D eigenvalue weighted by molar-refractivity contribution is 5.98. The molecule has 0 N–H and O–H groups in total. The third-order valence-electron chi connectivity index (χ3n) is 1.84. The van der Waals surface area contributed by atoms with Gasteiger partial charge in [-0.15, -0.1) is 5.10 Å². The number of rotatable bonds is 3. The van der Waals surface area contributed by atoms with E-state index in [4.69, 9.17) is 4.52 Å². The highest BCUT2D eigenvalue weighted by atomic mass is 19.4. The fourth-order valence-electron chi connectivity index (χ4n) is 1.11. The molecule has 0 amide bonds. The van der Waals surface area contributed by atoms with E-state index >= 15 is 0 Å². The van der Waals surface area contributed by atoms with E-state index in [0.717, 1.165) is 10.9 Å². The minimum Gasteiger partial charge on any atom is -0.359 e. The lowest BCUT2D eigenvalue weighted by atomic mass is 10.3. The molecule has 0 aliphatic heterocycles. The van der Waals surface area contributed by atoms with E-state index in [9.17, 15) is 18.0 Å². The lowest BCUT2D eigenvalue weighted by Crippen LogP contribution is -2.23. The van der Waals surface area contributed by atoms with Crippen molar-refractivity contribution in [1.82, 2.24) is 20.2 Å². The highest BCUT2D eigenvalue weighted by Crippen LogP contribution is 2.19. The summed E-state index contributed by atoms with van der Waals surface area (Å²) in [7, 11) is 0. The molecule has 0 unspecified atom stereocenters. The Labute approximate surface area is 92.0 Å². The number of hydrogen-bond donors (Lipinski definition) is 0. The van der Waals surface area contributed by atoms with E-state index in [0.29, 0.717) is 5.76 Å². The molecule has 90 valence electrons. The van der Waals surface area contributed by atoms with Gasteiger partial charge in [0.05, 0.1) is 12.4 Å². The molecule has 2 heterocycles. The van der Waals surface area contributed by atoms with Gasteiger partial charge in [0.25, 0.3) is 5.78 Å². The Morgan fingerprint density at radius 3 is 2.82 bits per heavy atom. The molecular formula is C8H5F3N4O2. The molecule has 0 aromatic carbocycles. The highest BCUT2D eigenvalue weighted by Gasteiger charge is 2.41. The first-order valence-electron chi connectivity index (χ1n) is 4.38. The Hall–Kier alpha value is -2.19. The zero-order valence-electron chi connectivity index (χ0n) is 8.18. The number of carbonyl (C=O) groups excluding carboxylic acids is 1. The molecule has 2 aromatic heterocycles. The summed E-state index contributed by atoms with van der Waals surface area (Å²) >= 11 is 0. The van der Waals surface area contributed by atoms with E-state index in [2.05, 4.69) is 15.5 Å². The van der Waals surface area contributed by atoms with Crippen molar-refractivity contribution in [2.75, 3.05) is 0 Å². The lowest BCUT2D eigenvalue weighted by Gasteiger charge is -1.99. The molecule has 0 bridgehead atoms. The van der Waals surface area contributed by atoms with Crippen LogP contribution in [0.4, 0.5) is 13.2 Å². The number of aromatic nitrogens is 4. The number of carbonyl (C=O) groups is 1. The smallest absolute Gasteiger partial charge is 0.359 e. The third kappa shape index (κ3) is 2.49. The molecule has 0 spiro atoms. The summed E-state index contributed by atoms with van der Waals surface area (Å²) in [6.07, 6.45) is -2.67. The van der Waals surface area contributed by atoms with E-state index < -0.39 is 17.7 Å². The zero-order valence-corrected chi connectivity index (χ0v) is 8.18. The topological polar surface area (TPSA) is 73.8 Å². The molecule has 0 radical (unpaired) electrons. The van der Waals surface area contributed by atoms with Gasteiger partial charge in [0.2, 0.25) is 0 Å². The third-order valence-corrected chi connectivity index (χ3v) is 1.84. The van der Waals surface area contributed by atoms with Gasteiger partial charge in [-0.2, -0.15) is 13.2 Å². The summed E-state index contributed by atoms with van der Waals surface area (Å²) in [6.45, 7) is 0.0537. The van der Waals surface area contributed by atoms with E-state index in [-0.39, 0.29) is 6.54 Å². The molecule has 0 aliphatic rings. The molecule has 0 aliphatic carbocycles. The Morgan fingerprint density at radius 1 is 1.47 bits per heavy atom. The van der Waals surface area contributed by atoms with Crippen molar-refractivity contribution < 1.29 is 22.5 Å². The first kappa shape index (κ1) is 11.3. The fourth-order valence-corrected chi connectivity index (χ4v) is 1.11. The van der Waals surface area contributed by atoms with Crippen LogP contribution in [0.3, 0.4) is 0 Å². The fraction of sp³-hybridized carbons (Fsp3) is 0.250. The summed E-state index contributed by atoms with van der Waals surface area (Å²) in [5.41, 5.74) is -0.753. The molecule has 17 heavy (non-hydrogen) atoms. The average molecular weight is 246 g/mol. The Bertz CT molecular complexity index is 517. The quantitative estimate of drug-likeness (QED) is 0.757. The summed E-state index contributed by atoms with van der Waals surface area (Å²) < 4.78 is 42.0. The number of halogens is 3. The molecule has 6 nitrogen and oxygen atoms in total. The average Bonchev–Trinajstić information content (AvgIpc) is 2.87. The predicted molar refractivity (Wildman–Crippen MR) is 46.0 cm³/mol. The molecular weight excluding hydrogens is 241 g/mol. The van der Waals surface area contributed by atoms with Gasteiger partial charge < -0.3 is 4.52 Å². The van der Waals surface area contributed by atoms with Crippen LogP contribution in [0, 0.1) is 0 Å². The van der Waals surface area contributed by atoms with Gasteiger partial charge in [-0.05, 0) is 0 Å². The predicted octanol–water partition coefficient (Wildman–Crippen LogP) is 1.06. The van der Waals surface area contributed by atoms with Crippen LogP contribution < -0.4 is 0 Å². The van der Waals surface area contributed by atoms with Crippen molar-refractivity contribution in [3.8, 4) is 0 Å². The number of alkyl halides is 3. The first-order valence-corrected chi connectivity index (χ1v) is 4.38. The minimum absolute atomic E-state index is 0.0537. The summed E-state index contributed by atoms with van der Waals surface area (Å²) in [5, 5.41) is 9.94. The lowest BCUT2D eigenvalue weighted by molar-refractivity contribution is -0.0888. The maximum atomic E-state index is 12.1. The Kier molecular flexibility index (Phi) is 2.66. The van der Waals surface area contributed by atoms with Crippen LogP contribution in [0.1, 0.15) is 16.2 Å². The van der Waals surface area contributed by atoms with Crippen LogP contribution in [0.2, 0.25) is 0 Å². The Morgan fingerprint density at radius 2 is 2.24 bits per heavy atom. The second kappa shape index (κ2) is 4.00. The number of Topliss-reactive ketones (excluding diaryl/α,β-unsaturated/α-hetero) is 1. The molecule has 0 fully saturated rings.